The molecule has 2 rings (SSSR count). The normalized spacial score (nSPS) is 31.9. The van der Waals surface area contributed by atoms with Gasteiger partial charge in [0.2, 0.25) is 0 Å². The van der Waals surface area contributed by atoms with Crippen LogP contribution in [0.4, 0.5) is 0 Å². The highest BCUT2D eigenvalue weighted by Gasteiger charge is 2.25. The second-order valence-electron chi connectivity index (χ2n) is 4.48. The first-order valence-corrected chi connectivity index (χ1v) is 6.07. The second-order valence-corrected chi connectivity index (χ2v) is 4.48. The molecule has 0 aliphatic carbocycles. The minimum absolute atomic E-state index is 0.839. The average molecular weight is 197 g/mol. The maximum absolute atomic E-state index is 3.42. The van der Waals surface area contributed by atoms with Crippen LogP contribution in [0.2, 0.25) is 0 Å². The van der Waals surface area contributed by atoms with Crippen molar-refractivity contribution in [3.05, 3.63) is 0 Å². The van der Waals surface area contributed by atoms with Crippen molar-refractivity contribution in [1.82, 2.24) is 15.1 Å². The molecule has 0 unspecified atom stereocenters. The number of piperazine rings is 1. The molecule has 2 fully saturated rings. The van der Waals surface area contributed by atoms with Crippen LogP contribution in [0.1, 0.15) is 19.8 Å². The van der Waals surface area contributed by atoms with Crippen LogP contribution in [0, 0.1) is 0 Å². The molecule has 2 aliphatic heterocycles. The van der Waals surface area contributed by atoms with E-state index in [1.54, 1.807) is 0 Å². The number of hydrogen-bond donors (Lipinski definition) is 1. The maximum atomic E-state index is 3.42. The van der Waals surface area contributed by atoms with Crippen molar-refractivity contribution < 1.29 is 0 Å². The lowest BCUT2D eigenvalue weighted by molar-refractivity contribution is 0.0906. The van der Waals surface area contributed by atoms with E-state index in [0.29, 0.717) is 0 Å². The van der Waals surface area contributed by atoms with E-state index in [-0.39, 0.29) is 0 Å². The van der Waals surface area contributed by atoms with Crippen LogP contribution in [-0.4, -0.2) is 61.7 Å². The molecule has 0 spiro atoms. The average Bonchev–Trinajstić information content (AvgIpc) is 2.30. The summed E-state index contributed by atoms with van der Waals surface area (Å²) in [6, 6.07) is 0.839. The van der Waals surface area contributed by atoms with Crippen molar-refractivity contribution in [3.63, 3.8) is 0 Å². The predicted molar refractivity (Wildman–Crippen MR) is 59.6 cm³/mol. The number of likely N-dealkylation sites (tertiary alicyclic amines) is 1. The van der Waals surface area contributed by atoms with Gasteiger partial charge in [-0.15, -0.1) is 0 Å². The first-order valence-electron chi connectivity index (χ1n) is 6.07. The fraction of sp³-hybridized carbons (Fsp3) is 1.00. The van der Waals surface area contributed by atoms with Gasteiger partial charge in [0.15, 0.2) is 0 Å². The minimum Gasteiger partial charge on any atom is -0.314 e. The monoisotopic (exact) mass is 197 g/mol. The summed E-state index contributed by atoms with van der Waals surface area (Å²) < 4.78 is 0. The van der Waals surface area contributed by atoms with Crippen molar-refractivity contribution in [2.24, 2.45) is 0 Å². The van der Waals surface area contributed by atoms with Crippen LogP contribution >= 0.6 is 0 Å². The number of likely N-dealkylation sites (N-methyl/N-ethyl adjacent to an activating group) is 1. The zero-order valence-electron chi connectivity index (χ0n) is 9.34. The smallest absolute Gasteiger partial charge is 0.0224 e. The number of rotatable bonds is 2. The third kappa shape index (κ3) is 2.47. The summed E-state index contributed by atoms with van der Waals surface area (Å²) in [4.78, 5) is 5.27. The SMILES string of the molecule is CCN1CCC[C@@H](N2CCNCC2)C1. The Morgan fingerprint density at radius 1 is 1.21 bits per heavy atom. The molecule has 2 saturated heterocycles. The number of piperidine rings is 1. The molecular formula is C11H23N3. The zero-order valence-corrected chi connectivity index (χ0v) is 9.34. The summed E-state index contributed by atoms with van der Waals surface area (Å²) in [6.07, 6.45) is 2.80. The Bertz CT molecular complexity index is 166. The van der Waals surface area contributed by atoms with Gasteiger partial charge in [-0.25, -0.2) is 0 Å². The maximum Gasteiger partial charge on any atom is 0.0224 e. The topological polar surface area (TPSA) is 18.5 Å². The van der Waals surface area contributed by atoms with E-state index < -0.39 is 0 Å². The number of nitrogens with one attached hydrogen (secondary N) is 1. The van der Waals surface area contributed by atoms with Gasteiger partial charge in [0.1, 0.15) is 0 Å². The van der Waals surface area contributed by atoms with Crippen molar-refractivity contribution >= 4 is 0 Å². The van der Waals surface area contributed by atoms with Crippen molar-refractivity contribution in [1.29, 1.82) is 0 Å². The van der Waals surface area contributed by atoms with Crippen LogP contribution in [0.5, 0.6) is 0 Å². The highest BCUT2D eigenvalue weighted by Crippen LogP contribution is 2.15. The van der Waals surface area contributed by atoms with E-state index in [1.807, 2.05) is 0 Å². The predicted octanol–water partition coefficient (Wildman–Crippen LogP) is 0.376. The quantitative estimate of drug-likeness (QED) is 0.690. The van der Waals surface area contributed by atoms with Crippen LogP contribution in [-0.2, 0) is 0 Å². The van der Waals surface area contributed by atoms with Gasteiger partial charge in [0, 0.05) is 38.8 Å². The van der Waals surface area contributed by atoms with E-state index >= 15 is 0 Å². The molecule has 0 aromatic rings. The molecule has 0 amide bonds. The fourth-order valence-electron chi connectivity index (χ4n) is 2.66. The third-order valence-electron chi connectivity index (χ3n) is 3.60. The lowest BCUT2D eigenvalue weighted by Gasteiger charge is -2.40. The van der Waals surface area contributed by atoms with Crippen LogP contribution in [0.25, 0.3) is 0 Å². The molecule has 1 atom stereocenters. The third-order valence-corrected chi connectivity index (χ3v) is 3.60. The number of nitrogens with zero attached hydrogens (tertiary/aromatic N) is 2. The molecule has 0 bridgehead atoms. The highest BCUT2D eigenvalue weighted by atomic mass is 15.3. The second kappa shape index (κ2) is 5.10. The van der Waals surface area contributed by atoms with Gasteiger partial charge in [-0.1, -0.05) is 6.92 Å². The zero-order chi connectivity index (χ0) is 9.80. The van der Waals surface area contributed by atoms with E-state index in [9.17, 15) is 0 Å². The molecule has 0 aromatic carbocycles. The summed E-state index contributed by atoms with van der Waals surface area (Å²) in [5, 5.41) is 3.42. The van der Waals surface area contributed by atoms with Crippen LogP contribution < -0.4 is 5.32 Å². The Balaban J connectivity index is 1.83. The molecule has 82 valence electrons. The molecule has 0 saturated carbocycles. The first kappa shape index (κ1) is 10.4. The van der Waals surface area contributed by atoms with E-state index in [0.717, 1.165) is 6.04 Å². The Morgan fingerprint density at radius 3 is 2.71 bits per heavy atom. The Morgan fingerprint density at radius 2 is 2.00 bits per heavy atom. The van der Waals surface area contributed by atoms with Crippen molar-refractivity contribution in [2.45, 2.75) is 25.8 Å². The fourth-order valence-corrected chi connectivity index (χ4v) is 2.66. The Kier molecular flexibility index (Phi) is 3.79. The molecule has 3 nitrogen and oxygen atoms in total. The Hall–Kier alpha value is -0.120. The van der Waals surface area contributed by atoms with Gasteiger partial charge in [-0.05, 0) is 25.9 Å². The van der Waals surface area contributed by atoms with E-state index in [4.69, 9.17) is 0 Å². The summed E-state index contributed by atoms with van der Waals surface area (Å²) in [5.74, 6) is 0. The minimum atomic E-state index is 0.839. The van der Waals surface area contributed by atoms with Crippen LogP contribution in [0.3, 0.4) is 0 Å². The van der Waals surface area contributed by atoms with Gasteiger partial charge in [0.05, 0.1) is 0 Å². The van der Waals surface area contributed by atoms with Gasteiger partial charge >= 0.3 is 0 Å². The summed E-state index contributed by atoms with van der Waals surface area (Å²) >= 11 is 0. The van der Waals surface area contributed by atoms with E-state index in [2.05, 4.69) is 22.0 Å². The molecular weight excluding hydrogens is 174 g/mol. The van der Waals surface area contributed by atoms with E-state index in [1.165, 1.54) is 58.7 Å². The van der Waals surface area contributed by atoms with Gasteiger partial charge in [0.25, 0.3) is 0 Å². The van der Waals surface area contributed by atoms with Crippen molar-refractivity contribution in [2.75, 3.05) is 45.8 Å². The molecule has 14 heavy (non-hydrogen) atoms. The van der Waals surface area contributed by atoms with Gasteiger partial charge in [-0.3, -0.25) is 4.90 Å². The molecule has 3 heteroatoms. The molecule has 1 N–H and O–H groups in total. The summed E-state index contributed by atoms with van der Waals surface area (Å²) in [6.45, 7) is 11.0. The lowest BCUT2D eigenvalue weighted by Crippen LogP contribution is -2.53. The molecule has 0 radical (unpaired) electrons. The summed E-state index contributed by atoms with van der Waals surface area (Å²) in [7, 11) is 0. The molecule has 2 heterocycles. The van der Waals surface area contributed by atoms with Gasteiger partial charge in [-0.2, -0.15) is 0 Å². The van der Waals surface area contributed by atoms with Crippen LogP contribution in [0.15, 0.2) is 0 Å². The van der Waals surface area contributed by atoms with Crippen molar-refractivity contribution in [3.8, 4) is 0 Å². The molecule has 2 aliphatic rings. The Labute approximate surface area is 87.4 Å². The van der Waals surface area contributed by atoms with Gasteiger partial charge < -0.3 is 10.2 Å². The number of hydrogen-bond acceptors (Lipinski definition) is 3. The highest BCUT2D eigenvalue weighted by molar-refractivity contribution is 4.82. The largest absolute Gasteiger partial charge is 0.314 e. The summed E-state index contributed by atoms with van der Waals surface area (Å²) in [5.41, 5.74) is 0. The lowest BCUT2D eigenvalue weighted by atomic mass is 10.0. The first-order chi connectivity index (χ1) is 6.90. The molecule has 0 aromatic heterocycles. The standard InChI is InChI=1S/C11H23N3/c1-2-13-7-3-4-11(10-13)14-8-5-12-6-9-14/h11-12H,2-10H2,1H3/t11-/m1/s1.